The summed E-state index contributed by atoms with van der Waals surface area (Å²) < 4.78 is 4.94. The molecule has 0 bridgehead atoms. The predicted octanol–water partition coefficient (Wildman–Crippen LogP) is 0.676. The number of aldehydes is 1. The van der Waals surface area contributed by atoms with Crippen molar-refractivity contribution < 1.29 is 27.0 Å². The van der Waals surface area contributed by atoms with Crippen molar-refractivity contribution in [1.29, 1.82) is 0 Å². The number of hydrogen-bond donors (Lipinski definition) is 1. The van der Waals surface area contributed by atoms with Crippen molar-refractivity contribution in [2.75, 3.05) is 13.2 Å². The van der Waals surface area contributed by atoms with E-state index in [1.807, 2.05) is 38.2 Å². The molecule has 1 aliphatic rings. The molecule has 1 rings (SSSR count). The van der Waals surface area contributed by atoms with Crippen LogP contribution in [0.5, 0.6) is 0 Å². The molecule has 1 fully saturated rings. The molecule has 1 unspecified atom stereocenters. The summed E-state index contributed by atoms with van der Waals surface area (Å²) in [5.41, 5.74) is 0. The Labute approximate surface area is 165 Å². The molecular weight excluding hydrogens is 324 g/mol. The number of halogens is 1. The van der Waals surface area contributed by atoms with E-state index in [2.05, 4.69) is 19.7 Å². The van der Waals surface area contributed by atoms with Gasteiger partial charge in [-0.3, -0.25) is 6.58 Å². The first-order valence-corrected chi connectivity index (χ1v) is 7.18. The molecular formula is C18H31ClMgO3. The zero-order valence-electron chi connectivity index (χ0n) is 14.6. The van der Waals surface area contributed by atoms with E-state index in [-0.39, 0.29) is 41.6 Å². The molecule has 1 heterocycles. The maximum Gasteiger partial charge on any atom is 2.00 e. The first kappa shape index (κ1) is 34.0. The normalized spacial score (nSPS) is 12.8. The van der Waals surface area contributed by atoms with E-state index in [9.17, 15) is 4.79 Å². The minimum absolute atomic E-state index is 0. The van der Waals surface area contributed by atoms with Gasteiger partial charge in [-0.2, -0.15) is 0 Å². The van der Waals surface area contributed by atoms with Crippen molar-refractivity contribution in [2.24, 2.45) is 0 Å². The maximum absolute atomic E-state index is 9.51. The zero-order valence-corrected chi connectivity index (χ0v) is 16.8. The van der Waals surface area contributed by atoms with E-state index in [0.717, 1.165) is 19.5 Å². The molecule has 23 heavy (non-hydrogen) atoms. The first-order valence-electron chi connectivity index (χ1n) is 7.18. The molecule has 0 amide bonds. The van der Waals surface area contributed by atoms with Gasteiger partial charge in [0.25, 0.3) is 0 Å². The minimum Gasteiger partial charge on any atom is -1.00 e. The Kier molecular flexibility index (Phi) is 55.8. The summed E-state index contributed by atoms with van der Waals surface area (Å²) in [6.45, 7) is 16.2. The minimum atomic E-state index is -0.369. The van der Waals surface area contributed by atoms with Crippen LogP contribution in [0.2, 0.25) is 0 Å². The molecule has 0 radical (unpaired) electrons. The third-order valence-electron chi connectivity index (χ3n) is 2.18. The van der Waals surface area contributed by atoms with E-state index in [4.69, 9.17) is 9.84 Å². The number of allylic oxidation sites excluding steroid dienone is 3. The smallest absolute Gasteiger partial charge is 1.00 e. The van der Waals surface area contributed by atoms with Crippen molar-refractivity contribution in [2.45, 2.75) is 45.6 Å². The van der Waals surface area contributed by atoms with Gasteiger partial charge in [0.1, 0.15) is 6.29 Å². The number of hydrogen-bond acceptors (Lipinski definition) is 3. The number of ether oxygens (including phenoxy) is 1. The topological polar surface area (TPSA) is 46.5 Å². The third-order valence-corrected chi connectivity index (χ3v) is 2.18. The van der Waals surface area contributed by atoms with Crippen LogP contribution < -0.4 is 12.4 Å². The molecule has 0 aliphatic carbocycles. The Hall–Kier alpha value is -0.394. The summed E-state index contributed by atoms with van der Waals surface area (Å²) in [4.78, 5) is 9.51. The Morgan fingerprint density at radius 1 is 1.17 bits per heavy atom. The van der Waals surface area contributed by atoms with Gasteiger partial charge in [-0.15, -0.1) is 6.58 Å². The van der Waals surface area contributed by atoms with Crippen LogP contribution in [-0.2, 0) is 9.53 Å². The number of carbonyl (C=O) groups is 1. The van der Waals surface area contributed by atoms with Crippen LogP contribution in [0.25, 0.3) is 0 Å². The maximum atomic E-state index is 9.51. The fourth-order valence-corrected chi connectivity index (χ4v) is 1.07. The van der Waals surface area contributed by atoms with E-state index >= 15 is 0 Å². The van der Waals surface area contributed by atoms with Crippen LogP contribution in [-0.4, -0.2) is 53.8 Å². The molecule has 0 aromatic heterocycles. The van der Waals surface area contributed by atoms with Gasteiger partial charge in [-0.25, -0.2) is 0 Å². The van der Waals surface area contributed by atoms with E-state index in [1.54, 1.807) is 0 Å². The fraction of sp³-hybridized carbons (Fsp3) is 0.500. The SMILES string of the molecule is C/C=C/CC=O.C1CCOC1.C=CC(O)C/C=C/C.[CH-]=C.[Cl-].[Mg+2]. The number of aliphatic hydroxyl groups excluding tert-OH is 1. The van der Waals surface area contributed by atoms with Crippen LogP contribution in [0.15, 0.2) is 43.5 Å². The molecule has 0 spiro atoms. The number of carbonyl (C=O) groups excluding carboxylic acids is 1. The van der Waals surface area contributed by atoms with Gasteiger partial charge >= 0.3 is 23.1 Å². The van der Waals surface area contributed by atoms with Crippen LogP contribution in [0.1, 0.15) is 39.5 Å². The van der Waals surface area contributed by atoms with Gasteiger partial charge in [-0.1, -0.05) is 30.4 Å². The van der Waals surface area contributed by atoms with Crippen molar-refractivity contribution >= 4 is 29.3 Å². The Morgan fingerprint density at radius 3 is 1.87 bits per heavy atom. The third kappa shape index (κ3) is 44.9. The second kappa shape index (κ2) is 37.7. The summed E-state index contributed by atoms with van der Waals surface area (Å²) in [5.74, 6) is 0. The molecule has 1 saturated heterocycles. The molecule has 5 heteroatoms. The van der Waals surface area contributed by atoms with Gasteiger partial charge in [-0.05, 0) is 33.1 Å². The van der Waals surface area contributed by atoms with Gasteiger partial charge in [0, 0.05) is 19.6 Å². The fourth-order valence-electron chi connectivity index (χ4n) is 1.07. The molecule has 0 aromatic carbocycles. The Bertz CT molecular complexity index is 257. The monoisotopic (exact) mass is 354 g/mol. The van der Waals surface area contributed by atoms with Gasteiger partial charge in [0.05, 0.1) is 6.10 Å². The molecule has 3 nitrogen and oxygen atoms in total. The molecule has 1 aliphatic heterocycles. The molecule has 130 valence electrons. The first-order chi connectivity index (χ1) is 10.2. The van der Waals surface area contributed by atoms with Crippen LogP contribution >= 0.6 is 0 Å². The van der Waals surface area contributed by atoms with Crippen molar-refractivity contribution in [3.63, 3.8) is 0 Å². The van der Waals surface area contributed by atoms with E-state index in [1.165, 1.54) is 18.9 Å². The van der Waals surface area contributed by atoms with Crippen LogP contribution in [0.4, 0.5) is 0 Å². The largest absolute Gasteiger partial charge is 2.00 e. The predicted molar refractivity (Wildman–Crippen MR) is 96.9 cm³/mol. The zero-order chi connectivity index (χ0) is 16.8. The quantitative estimate of drug-likeness (QED) is 0.342. The van der Waals surface area contributed by atoms with Crippen molar-refractivity contribution in [3.8, 4) is 0 Å². The number of rotatable bonds is 5. The average Bonchev–Trinajstić information content (AvgIpc) is 3.12. The Morgan fingerprint density at radius 2 is 1.65 bits per heavy atom. The molecule has 1 N–H and O–H groups in total. The summed E-state index contributed by atoms with van der Waals surface area (Å²) in [5, 5.41) is 8.82. The van der Waals surface area contributed by atoms with Crippen molar-refractivity contribution in [3.05, 3.63) is 50.1 Å². The second-order valence-electron chi connectivity index (χ2n) is 3.90. The molecule has 0 aromatic rings. The molecule has 1 atom stereocenters. The van der Waals surface area contributed by atoms with Gasteiger partial charge in [0.2, 0.25) is 0 Å². The summed E-state index contributed by atoms with van der Waals surface area (Å²) in [6.07, 6.45) is 13.3. The van der Waals surface area contributed by atoms with Gasteiger partial charge < -0.3 is 33.6 Å². The van der Waals surface area contributed by atoms with E-state index in [0.29, 0.717) is 12.8 Å². The summed E-state index contributed by atoms with van der Waals surface area (Å²) in [6, 6.07) is 0. The number of aliphatic hydroxyl groups is 1. The standard InChI is InChI=1S/C7H12O.C5H8O.C4H8O.C2H3.ClH.Mg/c1-3-5-6-7(8)4-2;1-2-3-4-5-6;1-2-4-5-3-1;1-2;;/h3-5,7-8H,2,6H2,1H3;2-3,5H,4H2,1H3;1-4H2;1H,2H2;1H;/q;;;-1;;+2/p-1/b5-3+;3-2+;;;;. The van der Waals surface area contributed by atoms with Crippen LogP contribution in [0.3, 0.4) is 0 Å². The van der Waals surface area contributed by atoms with Gasteiger partial charge in [0.15, 0.2) is 0 Å². The summed E-state index contributed by atoms with van der Waals surface area (Å²) in [7, 11) is 0. The van der Waals surface area contributed by atoms with Crippen LogP contribution in [0, 0.1) is 6.58 Å². The van der Waals surface area contributed by atoms with Crippen molar-refractivity contribution in [1.82, 2.24) is 0 Å². The van der Waals surface area contributed by atoms with E-state index < -0.39 is 0 Å². The second-order valence-corrected chi connectivity index (χ2v) is 3.90. The average molecular weight is 355 g/mol. The summed E-state index contributed by atoms with van der Waals surface area (Å²) >= 11 is 0. The molecule has 0 saturated carbocycles. The Balaban J connectivity index is -0.0000000652.